The topological polar surface area (TPSA) is 71.3 Å². The maximum atomic E-state index is 11.3. The van der Waals surface area contributed by atoms with E-state index in [0.29, 0.717) is 5.56 Å². The number of hydrogen-bond acceptors (Lipinski definition) is 3. The largest absolute Gasteiger partial charge is 0.494 e. The highest BCUT2D eigenvalue weighted by atomic mass is 16.3. The molecular formula is C9H10N2O3. The Bertz CT molecular complexity index is 476. The summed E-state index contributed by atoms with van der Waals surface area (Å²) in [6, 6.07) is 0.998. The standard InChI is InChI=1S/C9H10N2O3/c1-4-7-5(8(13)10-4)3-6(12)11(2)9(7)14/h3-4,14H,1-2H3,(H,10,13)/t4-/m0/s1. The lowest BCUT2D eigenvalue weighted by molar-refractivity contribution is 0.0958. The number of hydrogen-bond donors (Lipinski definition) is 2. The first-order valence-corrected chi connectivity index (χ1v) is 4.26. The molecular weight excluding hydrogens is 184 g/mol. The second kappa shape index (κ2) is 2.60. The van der Waals surface area contributed by atoms with Crippen LogP contribution in [0, 0.1) is 0 Å². The maximum Gasteiger partial charge on any atom is 0.253 e. The van der Waals surface area contributed by atoms with Crippen molar-refractivity contribution in [3.63, 3.8) is 0 Å². The third-order valence-electron chi connectivity index (χ3n) is 2.47. The fourth-order valence-corrected chi connectivity index (χ4v) is 1.66. The summed E-state index contributed by atoms with van der Waals surface area (Å²) in [7, 11) is 1.47. The van der Waals surface area contributed by atoms with E-state index in [0.717, 1.165) is 4.57 Å². The van der Waals surface area contributed by atoms with Gasteiger partial charge in [-0.05, 0) is 6.92 Å². The normalized spacial score (nSPS) is 19.3. The van der Waals surface area contributed by atoms with Crippen molar-refractivity contribution in [3.05, 3.63) is 27.5 Å². The number of amides is 1. The molecule has 0 radical (unpaired) electrons. The van der Waals surface area contributed by atoms with Crippen LogP contribution in [-0.4, -0.2) is 15.6 Å². The molecule has 0 fully saturated rings. The summed E-state index contributed by atoms with van der Waals surface area (Å²) in [6.07, 6.45) is 0. The van der Waals surface area contributed by atoms with Crippen molar-refractivity contribution in [1.82, 2.24) is 9.88 Å². The molecule has 0 spiro atoms. The lowest BCUT2D eigenvalue weighted by Crippen LogP contribution is -2.18. The predicted molar refractivity (Wildman–Crippen MR) is 49.2 cm³/mol. The number of aromatic hydroxyl groups is 1. The fourth-order valence-electron chi connectivity index (χ4n) is 1.66. The molecule has 1 aliphatic rings. The highest BCUT2D eigenvalue weighted by molar-refractivity contribution is 5.99. The lowest BCUT2D eigenvalue weighted by Gasteiger charge is -2.08. The molecule has 1 aliphatic heterocycles. The first-order valence-electron chi connectivity index (χ1n) is 4.26. The van der Waals surface area contributed by atoms with Gasteiger partial charge in [-0.15, -0.1) is 0 Å². The molecule has 2 N–H and O–H groups in total. The van der Waals surface area contributed by atoms with Crippen molar-refractivity contribution in [2.24, 2.45) is 7.05 Å². The van der Waals surface area contributed by atoms with Crippen molar-refractivity contribution in [1.29, 1.82) is 0 Å². The van der Waals surface area contributed by atoms with Gasteiger partial charge in [0.2, 0.25) is 0 Å². The van der Waals surface area contributed by atoms with Crippen molar-refractivity contribution in [3.8, 4) is 5.88 Å². The Labute approximate surface area is 80.0 Å². The van der Waals surface area contributed by atoms with Gasteiger partial charge in [0.25, 0.3) is 11.5 Å². The van der Waals surface area contributed by atoms with Crippen LogP contribution in [0.5, 0.6) is 5.88 Å². The van der Waals surface area contributed by atoms with Crippen LogP contribution < -0.4 is 10.9 Å². The number of fused-ring (bicyclic) bond motifs is 1. The minimum Gasteiger partial charge on any atom is -0.494 e. The Morgan fingerprint density at radius 3 is 2.79 bits per heavy atom. The average Bonchev–Trinajstić information content (AvgIpc) is 2.38. The van der Waals surface area contributed by atoms with E-state index in [1.54, 1.807) is 6.92 Å². The molecule has 1 atom stereocenters. The van der Waals surface area contributed by atoms with Crippen LogP contribution in [0.2, 0.25) is 0 Å². The van der Waals surface area contributed by atoms with Gasteiger partial charge >= 0.3 is 0 Å². The van der Waals surface area contributed by atoms with Crippen LogP contribution >= 0.6 is 0 Å². The Morgan fingerprint density at radius 2 is 2.14 bits per heavy atom. The third-order valence-corrected chi connectivity index (χ3v) is 2.47. The van der Waals surface area contributed by atoms with Crippen LogP contribution in [0.1, 0.15) is 28.9 Å². The van der Waals surface area contributed by atoms with Gasteiger partial charge in [-0.2, -0.15) is 0 Å². The Morgan fingerprint density at radius 1 is 1.50 bits per heavy atom. The Hall–Kier alpha value is -1.78. The average molecular weight is 194 g/mol. The summed E-state index contributed by atoms with van der Waals surface area (Å²) in [5.74, 6) is -0.446. The zero-order valence-corrected chi connectivity index (χ0v) is 7.87. The van der Waals surface area contributed by atoms with E-state index in [2.05, 4.69) is 5.32 Å². The molecule has 5 nitrogen and oxygen atoms in total. The van der Waals surface area contributed by atoms with Crippen LogP contribution in [-0.2, 0) is 7.05 Å². The SMILES string of the molecule is C[C@@H]1NC(=O)c2cc(=O)n(C)c(O)c21. The van der Waals surface area contributed by atoms with Crippen molar-refractivity contribution in [2.75, 3.05) is 0 Å². The van der Waals surface area contributed by atoms with Crippen molar-refractivity contribution < 1.29 is 9.90 Å². The number of carbonyl (C=O) groups excluding carboxylic acids is 1. The number of nitrogens with one attached hydrogen (secondary N) is 1. The number of rotatable bonds is 0. The number of pyridine rings is 1. The second-order valence-corrected chi connectivity index (χ2v) is 3.39. The number of carbonyl (C=O) groups is 1. The molecule has 0 unspecified atom stereocenters. The number of nitrogens with zero attached hydrogens (tertiary/aromatic N) is 1. The van der Waals surface area contributed by atoms with E-state index in [1.807, 2.05) is 0 Å². The van der Waals surface area contributed by atoms with Gasteiger partial charge in [0.05, 0.1) is 11.6 Å². The smallest absolute Gasteiger partial charge is 0.253 e. The molecule has 14 heavy (non-hydrogen) atoms. The summed E-state index contributed by atoms with van der Waals surface area (Å²) in [6.45, 7) is 1.76. The van der Waals surface area contributed by atoms with Gasteiger partial charge in [0.1, 0.15) is 0 Å². The van der Waals surface area contributed by atoms with Crippen molar-refractivity contribution in [2.45, 2.75) is 13.0 Å². The van der Waals surface area contributed by atoms with Gasteiger partial charge in [0, 0.05) is 18.7 Å². The zero-order chi connectivity index (χ0) is 10.5. The molecule has 1 aromatic heterocycles. The predicted octanol–water partition coefficient (Wildman–Crippen LogP) is -0.105. The molecule has 0 aliphatic carbocycles. The maximum absolute atomic E-state index is 11.3. The van der Waals surface area contributed by atoms with Crippen molar-refractivity contribution >= 4 is 5.91 Å². The summed E-state index contributed by atoms with van der Waals surface area (Å²) in [4.78, 5) is 22.6. The first-order chi connectivity index (χ1) is 6.52. The molecule has 0 bridgehead atoms. The van der Waals surface area contributed by atoms with E-state index >= 15 is 0 Å². The molecule has 5 heteroatoms. The van der Waals surface area contributed by atoms with E-state index < -0.39 is 0 Å². The van der Waals surface area contributed by atoms with Gasteiger partial charge in [-0.3, -0.25) is 14.2 Å². The Balaban J connectivity index is 2.83. The van der Waals surface area contributed by atoms with E-state index in [1.165, 1.54) is 13.1 Å². The van der Waals surface area contributed by atoms with Crippen LogP contribution in [0.3, 0.4) is 0 Å². The monoisotopic (exact) mass is 194 g/mol. The molecule has 2 rings (SSSR count). The van der Waals surface area contributed by atoms with E-state index in [-0.39, 0.29) is 29.0 Å². The summed E-state index contributed by atoms with van der Waals surface area (Å²) in [5, 5.41) is 12.3. The molecule has 1 aromatic rings. The molecule has 74 valence electrons. The highest BCUT2D eigenvalue weighted by Crippen LogP contribution is 2.30. The van der Waals surface area contributed by atoms with Gasteiger partial charge in [-0.25, -0.2) is 0 Å². The molecule has 0 saturated heterocycles. The van der Waals surface area contributed by atoms with Gasteiger partial charge in [0.15, 0.2) is 5.88 Å². The molecule has 1 amide bonds. The lowest BCUT2D eigenvalue weighted by atomic mass is 10.1. The number of aromatic nitrogens is 1. The first kappa shape index (κ1) is 8.80. The summed E-state index contributed by atoms with van der Waals surface area (Å²) in [5.41, 5.74) is 0.390. The summed E-state index contributed by atoms with van der Waals surface area (Å²) < 4.78 is 1.12. The Kier molecular flexibility index (Phi) is 1.64. The zero-order valence-electron chi connectivity index (χ0n) is 7.87. The van der Waals surface area contributed by atoms with Gasteiger partial charge in [-0.1, -0.05) is 0 Å². The van der Waals surface area contributed by atoms with Crippen LogP contribution in [0.4, 0.5) is 0 Å². The molecule has 0 saturated carbocycles. The van der Waals surface area contributed by atoms with E-state index in [9.17, 15) is 14.7 Å². The van der Waals surface area contributed by atoms with Crippen LogP contribution in [0.25, 0.3) is 0 Å². The minimum absolute atomic E-state index is 0.140. The minimum atomic E-state index is -0.384. The van der Waals surface area contributed by atoms with Gasteiger partial charge < -0.3 is 10.4 Å². The third kappa shape index (κ3) is 0.951. The van der Waals surface area contributed by atoms with Crippen LogP contribution in [0.15, 0.2) is 10.9 Å². The molecule has 2 heterocycles. The quantitative estimate of drug-likeness (QED) is 0.605. The highest BCUT2D eigenvalue weighted by Gasteiger charge is 2.30. The second-order valence-electron chi connectivity index (χ2n) is 3.39. The fraction of sp³-hybridized carbons (Fsp3) is 0.333. The molecule has 0 aromatic carbocycles. The van der Waals surface area contributed by atoms with E-state index in [4.69, 9.17) is 0 Å². The summed E-state index contributed by atoms with van der Waals surface area (Å²) >= 11 is 0.